The maximum absolute atomic E-state index is 12.7. The molecule has 1 atom stereocenters. The van der Waals surface area contributed by atoms with E-state index in [-0.39, 0.29) is 17.9 Å². The number of benzene rings is 1. The number of rotatable bonds is 5. The summed E-state index contributed by atoms with van der Waals surface area (Å²) in [5, 5.41) is 6.13. The first-order valence-electron chi connectivity index (χ1n) is 9.53. The zero-order chi connectivity index (χ0) is 19.3. The first kappa shape index (κ1) is 18.6. The van der Waals surface area contributed by atoms with Crippen LogP contribution in [0.4, 0.5) is 5.82 Å². The van der Waals surface area contributed by atoms with Gasteiger partial charge in [0.25, 0.3) is 0 Å². The lowest BCUT2D eigenvalue weighted by Crippen LogP contribution is -2.41. The Hall–Kier alpha value is -2.80. The second-order valence-electron chi connectivity index (χ2n) is 6.99. The van der Waals surface area contributed by atoms with E-state index in [9.17, 15) is 4.79 Å². The summed E-state index contributed by atoms with van der Waals surface area (Å²) in [6.45, 7) is 3.64. The normalized spacial score (nSPS) is 16.0. The molecule has 0 bridgehead atoms. The van der Waals surface area contributed by atoms with Crippen molar-refractivity contribution in [2.24, 2.45) is 5.92 Å². The van der Waals surface area contributed by atoms with Crippen LogP contribution in [0, 0.1) is 5.92 Å². The van der Waals surface area contributed by atoms with Gasteiger partial charge in [-0.1, -0.05) is 30.3 Å². The minimum atomic E-state index is -0.0898. The number of nitrogens with one attached hydrogen (secondary N) is 1. The Morgan fingerprint density at radius 1 is 1.21 bits per heavy atom. The first-order valence-corrected chi connectivity index (χ1v) is 10.4. The summed E-state index contributed by atoms with van der Waals surface area (Å²) < 4.78 is 0. The summed E-state index contributed by atoms with van der Waals surface area (Å²) >= 11 is 1.59. The second kappa shape index (κ2) is 8.48. The molecule has 1 fully saturated rings. The van der Waals surface area contributed by atoms with E-state index >= 15 is 0 Å². The Labute approximate surface area is 168 Å². The third-order valence-electron chi connectivity index (χ3n) is 5.06. The van der Waals surface area contributed by atoms with Gasteiger partial charge in [0.15, 0.2) is 0 Å². The standard InChI is InChI=1S/C21H23N5OS/c1-15(21-25-18(14-28-21)16-5-3-2-4-6-16)24-20(27)17-7-11-26(12-8-17)19-13-22-9-10-23-19/h2-6,9-10,13-15,17H,7-8,11-12H2,1H3,(H,24,27). The Morgan fingerprint density at radius 3 is 2.71 bits per heavy atom. The number of anilines is 1. The van der Waals surface area contributed by atoms with Crippen LogP contribution in [0.3, 0.4) is 0 Å². The number of nitrogens with zero attached hydrogens (tertiary/aromatic N) is 4. The highest BCUT2D eigenvalue weighted by Crippen LogP contribution is 2.26. The van der Waals surface area contributed by atoms with Crippen molar-refractivity contribution >= 4 is 23.1 Å². The van der Waals surface area contributed by atoms with Gasteiger partial charge in [0, 0.05) is 42.3 Å². The van der Waals surface area contributed by atoms with Crippen LogP contribution < -0.4 is 10.2 Å². The Bertz CT molecular complexity index is 907. The van der Waals surface area contributed by atoms with Gasteiger partial charge in [-0.3, -0.25) is 9.78 Å². The quantitative estimate of drug-likeness (QED) is 0.716. The number of piperidine rings is 1. The Balaban J connectivity index is 1.32. The highest BCUT2D eigenvalue weighted by atomic mass is 32.1. The van der Waals surface area contributed by atoms with E-state index in [1.54, 1.807) is 29.9 Å². The largest absolute Gasteiger partial charge is 0.355 e. The predicted octanol–water partition coefficient (Wildman–Crippen LogP) is 3.69. The van der Waals surface area contributed by atoms with Crippen LogP contribution in [-0.4, -0.2) is 33.9 Å². The maximum Gasteiger partial charge on any atom is 0.223 e. The van der Waals surface area contributed by atoms with E-state index in [1.807, 2.05) is 42.6 Å². The number of hydrogen-bond donors (Lipinski definition) is 1. The molecule has 6 nitrogen and oxygen atoms in total. The molecule has 1 aliphatic heterocycles. The average molecular weight is 394 g/mol. The topological polar surface area (TPSA) is 71.0 Å². The summed E-state index contributed by atoms with van der Waals surface area (Å²) in [5.41, 5.74) is 2.05. The molecule has 1 saturated heterocycles. The smallest absolute Gasteiger partial charge is 0.223 e. The molecular weight excluding hydrogens is 370 g/mol. The van der Waals surface area contributed by atoms with E-state index in [4.69, 9.17) is 4.98 Å². The summed E-state index contributed by atoms with van der Waals surface area (Å²) in [4.78, 5) is 28.1. The van der Waals surface area contributed by atoms with Gasteiger partial charge in [0.2, 0.25) is 5.91 Å². The van der Waals surface area contributed by atoms with Crippen molar-refractivity contribution in [3.8, 4) is 11.3 Å². The van der Waals surface area contributed by atoms with Crippen LogP contribution >= 0.6 is 11.3 Å². The predicted molar refractivity (Wildman–Crippen MR) is 111 cm³/mol. The van der Waals surface area contributed by atoms with Crippen LogP contribution in [0.15, 0.2) is 54.3 Å². The molecule has 1 unspecified atom stereocenters. The third-order valence-corrected chi connectivity index (χ3v) is 6.09. The number of thiazole rings is 1. The third kappa shape index (κ3) is 4.20. The summed E-state index contributed by atoms with van der Waals surface area (Å²) in [7, 11) is 0. The number of carbonyl (C=O) groups excluding carboxylic acids is 1. The number of amides is 1. The Kier molecular flexibility index (Phi) is 5.62. The van der Waals surface area contributed by atoms with E-state index in [0.717, 1.165) is 48.0 Å². The number of carbonyl (C=O) groups is 1. The molecular formula is C21H23N5OS. The molecule has 4 rings (SSSR count). The van der Waals surface area contributed by atoms with Crippen LogP contribution in [0.5, 0.6) is 0 Å². The van der Waals surface area contributed by atoms with Gasteiger partial charge >= 0.3 is 0 Å². The molecule has 1 aliphatic rings. The van der Waals surface area contributed by atoms with Crippen LogP contribution in [0.25, 0.3) is 11.3 Å². The first-order chi connectivity index (χ1) is 13.7. The lowest BCUT2D eigenvalue weighted by molar-refractivity contribution is -0.126. The summed E-state index contributed by atoms with van der Waals surface area (Å²) in [5.74, 6) is 1.03. The van der Waals surface area contributed by atoms with Gasteiger partial charge in [-0.2, -0.15) is 0 Å². The van der Waals surface area contributed by atoms with Gasteiger partial charge in [-0.05, 0) is 19.8 Å². The van der Waals surface area contributed by atoms with Gasteiger partial charge < -0.3 is 10.2 Å². The summed E-state index contributed by atoms with van der Waals surface area (Å²) in [6, 6.07) is 10.0. The Morgan fingerprint density at radius 2 is 2.00 bits per heavy atom. The van der Waals surface area contributed by atoms with Gasteiger partial charge in [0.05, 0.1) is 17.9 Å². The minimum Gasteiger partial charge on any atom is -0.355 e. The molecule has 7 heteroatoms. The van der Waals surface area contributed by atoms with Gasteiger partial charge in [-0.25, -0.2) is 9.97 Å². The van der Waals surface area contributed by atoms with E-state index in [0.29, 0.717) is 0 Å². The van der Waals surface area contributed by atoms with Crippen molar-refractivity contribution in [3.63, 3.8) is 0 Å². The maximum atomic E-state index is 12.7. The molecule has 0 aliphatic carbocycles. The minimum absolute atomic E-state index is 0.0314. The molecule has 0 spiro atoms. The molecule has 1 amide bonds. The molecule has 0 saturated carbocycles. The molecule has 2 aromatic heterocycles. The van der Waals surface area contributed by atoms with Crippen molar-refractivity contribution in [3.05, 3.63) is 59.3 Å². The molecule has 3 aromatic rings. The number of hydrogen-bond acceptors (Lipinski definition) is 6. The van der Waals surface area contributed by atoms with Crippen molar-refractivity contribution in [2.45, 2.75) is 25.8 Å². The summed E-state index contributed by atoms with van der Waals surface area (Å²) in [6.07, 6.45) is 6.79. The molecule has 144 valence electrons. The zero-order valence-electron chi connectivity index (χ0n) is 15.8. The molecule has 1 N–H and O–H groups in total. The molecule has 3 heterocycles. The van der Waals surface area contributed by atoms with Crippen molar-refractivity contribution in [1.29, 1.82) is 0 Å². The fourth-order valence-electron chi connectivity index (χ4n) is 3.45. The van der Waals surface area contributed by atoms with Crippen molar-refractivity contribution < 1.29 is 4.79 Å². The van der Waals surface area contributed by atoms with E-state index in [1.165, 1.54) is 0 Å². The van der Waals surface area contributed by atoms with Crippen molar-refractivity contribution in [1.82, 2.24) is 20.3 Å². The average Bonchev–Trinajstić information content (AvgIpc) is 3.26. The molecule has 0 radical (unpaired) electrons. The fourth-order valence-corrected chi connectivity index (χ4v) is 4.28. The lowest BCUT2D eigenvalue weighted by Gasteiger charge is -2.32. The van der Waals surface area contributed by atoms with Crippen LogP contribution in [0.1, 0.15) is 30.8 Å². The second-order valence-corrected chi connectivity index (χ2v) is 7.88. The van der Waals surface area contributed by atoms with E-state index < -0.39 is 0 Å². The number of aromatic nitrogens is 3. The highest BCUT2D eigenvalue weighted by Gasteiger charge is 2.27. The van der Waals surface area contributed by atoms with E-state index in [2.05, 4.69) is 20.2 Å². The van der Waals surface area contributed by atoms with Gasteiger partial charge in [-0.15, -0.1) is 11.3 Å². The van der Waals surface area contributed by atoms with Gasteiger partial charge in [0.1, 0.15) is 10.8 Å². The van der Waals surface area contributed by atoms with Crippen LogP contribution in [-0.2, 0) is 4.79 Å². The fraction of sp³-hybridized carbons (Fsp3) is 0.333. The molecule has 28 heavy (non-hydrogen) atoms. The lowest BCUT2D eigenvalue weighted by atomic mass is 9.95. The zero-order valence-corrected chi connectivity index (χ0v) is 16.6. The SMILES string of the molecule is CC(NC(=O)C1CCN(c2cnccn2)CC1)c1nc(-c2ccccc2)cs1. The van der Waals surface area contributed by atoms with Crippen LogP contribution in [0.2, 0.25) is 0 Å². The monoisotopic (exact) mass is 393 g/mol. The molecule has 1 aromatic carbocycles. The van der Waals surface area contributed by atoms with Crippen molar-refractivity contribution in [2.75, 3.05) is 18.0 Å². The highest BCUT2D eigenvalue weighted by molar-refractivity contribution is 7.10.